The fourth-order valence-electron chi connectivity index (χ4n) is 2.27. The Labute approximate surface area is 137 Å². The van der Waals surface area contributed by atoms with Gasteiger partial charge < -0.3 is 5.32 Å². The van der Waals surface area contributed by atoms with Crippen molar-refractivity contribution in [3.8, 4) is 0 Å². The molecule has 0 aromatic heterocycles. The van der Waals surface area contributed by atoms with Gasteiger partial charge in [-0.2, -0.15) is 0 Å². The SMILES string of the molecule is Cc1ccc(NC(=O)[C@H](C)N(c2ccccc2)S(C)(=O)=O)cc1. The first-order chi connectivity index (χ1) is 10.8. The minimum absolute atomic E-state index is 0.386. The van der Waals surface area contributed by atoms with E-state index in [1.54, 1.807) is 49.4 Å². The normalized spacial score (nSPS) is 12.5. The summed E-state index contributed by atoms with van der Waals surface area (Å²) < 4.78 is 25.4. The van der Waals surface area contributed by atoms with Crippen molar-refractivity contribution in [2.75, 3.05) is 15.9 Å². The van der Waals surface area contributed by atoms with Crippen molar-refractivity contribution in [2.45, 2.75) is 19.9 Å². The highest BCUT2D eigenvalue weighted by Crippen LogP contribution is 2.21. The predicted molar refractivity (Wildman–Crippen MR) is 93.0 cm³/mol. The lowest BCUT2D eigenvalue weighted by Crippen LogP contribution is -2.45. The van der Waals surface area contributed by atoms with Gasteiger partial charge in [-0.15, -0.1) is 0 Å². The molecule has 122 valence electrons. The summed E-state index contributed by atoms with van der Waals surface area (Å²) in [6.07, 6.45) is 1.09. The van der Waals surface area contributed by atoms with E-state index < -0.39 is 16.1 Å². The van der Waals surface area contributed by atoms with Crippen LogP contribution in [-0.2, 0) is 14.8 Å². The van der Waals surface area contributed by atoms with E-state index in [0.717, 1.165) is 16.1 Å². The van der Waals surface area contributed by atoms with Crippen LogP contribution < -0.4 is 9.62 Å². The average Bonchev–Trinajstić information content (AvgIpc) is 2.49. The fraction of sp³-hybridized carbons (Fsp3) is 0.235. The maximum Gasteiger partial charge on any atom is 0.247 e. The first kappa shape index (κ1) is 17.0. The topological polar surface area (TPSA) is 66.5 Å². The van der Waals surface area contributed by atoms with Crippen molar-refractivity contribution < 1.29 is 13.2 Å². The first-order valence-corrected chi connectivity index (χ1v) is 9.06. The highest BCUT2D eigenvalue weighted by atomic mass is 32.2. The molecule has 2 rings (SSSR count). The third-order valence-electron chi connectivity index (χ3n) is 3.42. The monoisotopic (exact) mass is 332 g/mol. The van der Waals surface area contributed by atoms with E-state index >= 15 is 0 Å². The zero-order valence-corrected chi connectivity index (χ0v) is 14.2. The fourth-order valence-corrected chi connectivity index (χ4v) is 3.44. The highest BCUT2D eigenvalue weighted by molar-refractivity contribution is 7.92. The van der Waals surface area contributed by atoms with E-state index in [-0.39, 0.29) is 5.91 Å². The number of sulfonamides is 1. The Hall–Kier alpha value is -2.34. The van der Waals surface area contributed by atoms with Crippen LogP contribution in [0.2, 0.25) is 0 Å². The van der Waals surface area contributed by atoms with Crippen LogP contribution in [-0.4, -0.2) is 26.6 Å². The number of hydrogen-bond donors (Lipinski definition) is 1. The summed E-state index contributed by atoms with van der Waals surface area (Å²) in [4.78, 5) is 12.4. The van der Waals surface area contributed by atoms with Gasteiger partial charge in [0.05, 0.1) is 11.9 Å². The molecule has 1 amide bonds. The van der Waals surface area contributed by atoms with Crippen molar-refractivity contribution in [1.29, 1.82) is 0 Å². The number of rotatable bonds is 5. The van der Waals surface area contributed by atoms with Crippen LogP contribution in [0.1, 0.15) is 12.5 Å². The standard InChI is InChI=1S/C17H20N2O3S/c1-13-9-11-15(12-10-13)18-17(20)14(2)19(23(3,21)22)16-7-5-4-6-8-16/h4-12,14H,1-3H3,(H,18,20)/t14-/m0/s1. The van der Waals surface area contributed by atoms with E-state index in [9.17, 15) is 13.2 Å². The Kier molecular flexibility index (Phi) is 5.05. The molecule has 0 aliphatic heterocycles. The molecule has 0 spiro atoms. The number of carbonyl (C=O) groups excluding carboxylic acids is 1. The van der Waals surface area contributed by atoms with E-state index in [1.165, 1.54) is 0 Å². The Morgan fingerprint density at radius 3 is 2.13 bits per heavy atom. The Balaban J connectivity index is 2.25. The number of nitrogens with zero attached hydrogens (tertiary/aromatic N) is 1. The van der Waals surface area contributed by atoms with Crippen LogP contribution in [0.25, 0.3) is 0 Å². The van der Waals surface area contributed by atoms with E-state index in [2.05, 4.69) is 5.32 Å². The molecule has 2 aromatic rings. The molecule has 6 heteroatoms. The number of nitrogens with one attached hydrogen (secondary N) is 1. The second-order valence-corrected chi connectivity index (χ2v) is 7.29. The third-order valence-corrected chi connectivity index (χ3v) is 4.66. The highest BCUT2D eigenvalue weighted by Gasteiger charge is 2.28. The number of amides is 1. The van der Waals surface area contributed by atoms with Gasteiger partial charge in [0, 0.05) is 5.69 Å². The van der Waals surface area contributed by atoms with Gasteiger partial charge in [-0.25, -0.2) is 8.42 Å². The minimum atomic E-state index is -3.59. The quantitative estimate of drug-likeness (QED) is 0.915. The number of anilines is 2. The van der Waals surface area contributed by atoms with Gasteiger partial charge in [-0.3, -0.25) is 9.10 Å². The van der Waals surface area contributed by atoms with Crippen molar-refractivity contribution in [3.05, 3.63) is 60.2 Å². The van der Waals surface area contributed by atoms with Crippen LogP contribution in [0.5, 0.6) is 0 Å². The zero-order valence-electron chi connectivity index (χ0n) is 13.4. The molecule has 0 aliphatic carbocycles. The molecule has 1 N–H and O–H groups in total. The summed E-state index contributed by atoms with van der Waals surface area (Å²) in [5.74, 6) is -0.386. The van der Waals surface area contributed by atoms with Gasteiger partial charge in [0.2, 0.25) is 15.9 Å². The van der Waals surface area contributed by atoms with Crippen LogP contribution in [0.3, 0.4) is 0 Å². The molecule has 0 heterocycles. The summed E-state index contributed by atoms with van der Waals surface area (Å²) in [5.41, 5.74) is 2.17. The number of carbonyl (C=O) groups is 1. The van der Waals surface area contributed by atoms with Gasteiger partial charge in [-0.05, 0) is 38.1 Å². The summed E-state index contributed by atoms with van der Waals surface area (Å²) in [7, 11) is -3.59. The molecular formula is C17H20N2O3S. The van der Waals surface area contributed by atoms with Crippen LogP contribution in [0.15, 0.2) is 54.6 Å². The predicted octanol–water partition coefficient (Wildman–Crippen LogP) is 2.79. The number of hydrogen-bond acceptors (Lipinski definition) is 3. The summed E-state index contributed by atoms with van der Waals surface area (Å²) >= 11 is 0. The summed E-state index contributed by atoms with van der Waals surface area (Å²) in [6, 6.07) is 15.1. The van der Waals surface area contributed by atoms with Gasteiger partial charge >= 0.3 is 0 Å². The molecule has 1 atom stereocenters. The molecule has 0 radical (unpaired) electrons. The molecule has 5 nitrogen and oxygen atoms in total. The van der Waals surface area contributed by atoms with Crippen molar-refractivity contribution in [3.63, 3.8) is 0 Å². The summed E-state index contributed by atoms with van der Waals surface area (Å²) in [5, 5.41) is 2.75. The summed E-state index contributed by atoms with van der Waals surface area (Å²) in [6.45, 7) is 3.52. The molecule has 2 aromatic carbocycles. The maximum absolute atomic E-state index is 12.4. The zero-order chi connectivity index (χ0) is 17.0. The van der Waals surface area contributed by atoms with Gasteiger partial charge in [0.25, 0.3) is 0 Å². The van der Waals surface area contributed by atoms with Crippen molar-refractivity contribution in [2.24, 2.45) is 0 Å². The van der Waals surface area contributed by atoms with Gasteiger partial charge in [0.1, 0.15) is 6.04 Å². The Bertz CT molecular complexity index is 771. The lowest BCUT2D eigenvalue weighted by molar-refractivity contribution is -0.116. The van der Waals surface area contributed by atoms with E-state index in [4.69, 9.17) is 0 Å². The first-order valence-electron chi connectivity index (χ1n) is 7.21. The molecule has 0 fully saturated rings. The molecule has 0 aliphatic rings. The molecule has 0 saturated heterocycles. The molecule has 23 heavy (non-hydrogen) atoms. The molecule has 0 saturated carbocycles. The molecule has 0 bridgehead atoms. The van der Waals surface area contributed by atoms with Crippen molar-refractivity contribution in [1.82, 2.24) is 0 Å². The average molecular weight is 332 g/mol. The second-order valence-electron chi connectivity index (χ2n) is 5.43. The number of benzene rings is 2. The van der Waals surface area contributed by atoms with Gasteiger partial charge in [-0.1, -0.05) is 35.9 Å². The van der Waals surface area contributed by atoms with Crippen molar-refractivity contribution >= 4 is 27.3 Å². The largest absolute Gasteiger partial charge is 0.324 e. The van der Waals surface area contributed by atoms with E-state index in [0.29, 0.717) is 11.4 Å². The maximum atomic E-state index is 12.4. The third kappa shape index (κ3) is 4.32. The molecule has 0 unspecified atom stereocenters. The molecular weight excluding hydrogens is 312 g/mol. The van der Waals surface area contributed by atoms with Gasteiger partial charge in [0.15, 0.2) is 0 Å². The lowest BCUT2D eigenvalue weighted by atomic mass is 10.2. The Morgan fingerprint density at radius 1 is 1.04 bits per heavy atom. The van der Waals surface area contributed by atoms with E-state index in [1.807, 2.05) is 19.1 Å². The van der Waals surface area contributed by atoms with Crippen LogP contribution in [0.4, 0.5) is 11.4 Å². The second kappa shape index (κ2) is 6.83. The minimum Gasteiger partial charge on any atom is -0.324 e. The smallest absolute Gasteiger partial charge is 0.247 e. The number of para-hydroxylation sites is 1. The van der Waals surface area contributed by atoms with Crippen LogP contribution >= 0.6 is 0 Å². The Morgan fingerprint density at radius 2 is 1.61 bits per heavy atom. The van der Waals surface area contributed by atoms with Crippen LogP contribution in [0, 0.1) is 6.92 Å². The lowest BCUT2D eigenvalue weighted by Gasteiger charge is -2.28. The number of aryl methyl sites for hydroxylation is 1.